The number of nitrogens with one attached hydrogen (secondary N) is 1. The standard InChI is InChI=1S/C18H25NO4/c1-12-9-10-13(2)16(12)23-17(20)14(3)19-18(21)22-11-15-7-5-4-6-8-15/h4-8,12-14,16H,9-11H2,1-3H3,(H,19,21)/t12?,13?,14-,16?/m1/s1. The lowest BCUT2D eigenvalue weighted by Crippen LogP contribution is -2.42. The number of amides is 1. The van der Waals surface area contributed by atoms with Crippen LogP contribution in [0.2, 0.25) is 0 Å². The smallest absolute Gasteiger partial charge is 0.408 e. The van der Waals surface area contributed by atoms with E-state index in [0.29, 0.717) is 11.8 Å². The van der Waals surface area contributed by atoms with Crippen LogP contribution in [0.3, 0.4) is 0 Å². The SMILES string of the molecule is CC1CCC(C)C1OC(=O)[C@@H](C)NC(=O)OCc1ccccc1. The Bertz CT molecular complexity index is 521. The third-order valence-corrected chi connectivity index (χ3v) is 4.35. The van der Waals surface area contributed by atoms with Gasteiger partial charge in [-0.3, -0.25) is 0 Å². The van der Waals surface area contributed by atoms with Crippen LogP contribution in [-0.2, 0) is 20.9 Å². The Morgan fingerprint density at radius 3 is 2.39 bits per heavy atom. The highest BCUT2D eigenvalue weighted by molar-refractivity contribution is 5.81. The lowest BCUT2D eigenvalue weighted by Gasteiger charge is -2.23. The van der Waals surface area contributed by atoms with Crippen LogP contribution in [0, 0.1) is 11.8 Å². The van der Waals surface area contributed by atoms with Gasteiger partial charge in [-0.1, -0.05) is 44.2 Å². The summed E-state index contributed by atoms with van der Waals surface area (Å²) in [6.45, 7) is 5.96. The van der Waals surface area contributed by atoms with E-state index in [0.717, 1.165) is 18.4 Å². The maximum Gasteiger partial charge on any atom is 0.408 e. The minimum Gasteiger partial charge on any atom is -0.460 e. The summed E-state index contributed by atoms with van der Waals surface area (Å²) in [6.07, 6.45) is 1.46. The van der Waals surface area contributed by atoms with Gasteiger partial charge in [-0.25, -0.2) is 9.59 Å². The second-order valence-corrected chi connectivity index (χ2v) is 6.36. The highest BCUT2D eigenvalue weighted by Crippen LogP contribution is 2.33. The predicted octanol–water partition coefficient (Wildman–Crippen LogP) is 3.28. The third kappa shape index (κ3) is 4.98. The molecule has 5 heteroatoms. The van der Waals surface area contributed by atoms with Crippen molar-refractivity contribution in [3.05, 3.63) is 35.9 Å². The average Bonchev–Trinajstić information content (AvgIpc) is 2.85. The summed E-state index contributed by atoms with van der Waals surface area (Å²) in [4.78, 5) is 23.9. The minimum absolute atomic E-state index is 0.0629. The lowest BCUT2D eigenvalue weighted by molar-refractivity contribution is -0.154. The summed E-state index contributed by atoms with van der Waals surface area (Å²) in [5.41, 5.74) is 0.895. The number of benzene rings is 1. The van der Waals surface area contributed by atoms with E-state index in [1.807, 2.05) is 30.3 Å². The van der Waals surface area contributed by atoms with Crippen molar-refractivity contribution in [1.29, 1.82) is 0 Å². The maximum absolute atomic E-state index is 12.1. The zero-order chi connectivity index (χ0) is 16.8. The fraction of sp³-hybridized carbons (Fsp3) is 0.556. The first-order chi connectivity index (χ1) is 11.0. The molecule has 5 nitrogen and oxygen atoms in total. The quantitative estimate of drug-likeness (QED) is 0.846. The van der Waals surface area contributed by atoms with Gasteiger partial charge in [0.1, 0.15) is 18.8 Å². The Balaban J connectivity index is 1.75. The highest BCUT2D eigenvalue weighted by Gasteiger charge is 2.34. The predicted molar refractivity (Wildman–Crippen MR) is 86.7 cm³/mol. The van der Waals surface area contributed by atoms with Gasteiger partial charge in [-0.2, -0.15) is 0 Å². The number of carbonyl (C=O) groups excluding carboxylic acids is 2. The number of ether oxygens (including phenoxy) is 2. The van der Waals surface area contributed by atoms with Crippen LogP contribution >= 0.6 is 0 Å². The number of alkyl carbamates (subject to hydrolysis) is 1. The van der Waals surface area contributed by atoms with Crippen LogP contribution in [0.5, 0.6) is 0 Å². The molecule has 0 spiro atoms. The van der Waals surface area contributed by atoms with E-state index in [1.165, 1.54) is 0 Å². The minimum atomic E-state index is -0.724. The molecule has 0 radical (unpaired) electrons. The second kappa shape index (κ2) is 7.99. The number of esters is 1. The van der Waals surface area contributed by atoms with Gasteiger partial charge >= 0.3 is 12.1 Å². The first-order valence-electron chi connectivity index (χ1n) is 8.15. The summed E-state index contributed by atoms with van der Waals surface area (Å²) < 4.78 is 10.7. The van der Waals surface area contributed by atoms with Crippen molar-refractivity contribution in [2.24, 2.45) is 11.8 Å². The van der Waals surface area contributed by atoms with E-state index in [1.54, 1.807) is 6.92 Å². The highest BCUT2D eigenvalue weighted by atomic mass is 16.6. The van der Waals surface area contributed by atoms with E-state index < -0.39 is 18.1 Å². The van der Waals surface area contributed by atoms with Crippen LogP contribution in [0.1, 0.15) is 39.2 Å². The number of rotatable bonds is 5. The molecule has 2 unspecified atom stereocenters. The Morgan fingerprint density at radius 2 is 1.78 bits per heavy atom. The van der Waals surface area contributed by atoms with E-state index in [-0.39, 0.29) is 12.7 Å². The fourth-order valence-corrected chi connectivity index (χ4v) is 2.88. The van der Waals surface area contributed by atoms with Gasteiger partial charge in [-0.15, -0.1) is 0 Å². The van der Waals surface area contributed by atoms with Crippen molar-refractivity contribution in [3.8, 4) is 0 Å². The van der Waals surface area contributed by atoms with Crippen LogP contribution in [-0.4, -0.2) is 24.2 Å². The summed E-state index contributed by atoms with van der Waals surface area (Å²) in [5.74, 6) is 0.324. The second-order valence-electron chi connectivity index (χ2n) is 6.36. The monoisotopic (exact) mass is 319 g/mol. The van der Waals surface area contributed by atoms with Crippen LogP contribution in [0.4, 0.5) is 4.79 Å². The molecule has 1 saturated carbocycles. The Morgan fingerprint density at radius 1 is 1.17 bits per heavy atom. The van der Waals surface area contributed by atoms with Crippen LogP contribution in [0.15, 0.2) is 30.3 Å². The molecule has 1 aromatic carbocycles. The first-order valence-corrected chi connectivity index (χ1v) is 8.15. The molecule has 1 aliphatic rings. The molecule has 1 aliphatic carbocycles. The Kier molecular flexibility index (Phi) is 6.02. The molecule has 3 atom stereocenters. The van der Waals surface area contributed by atoms with Crippen LogP contribution < -0.4 is 5.32 Å². The van der Waals surface area contributed by atoms with Crippen LogP contribution in [0.25, 0.3) is 0 Å². The van der Waals surface area contributed by atoms with E-state index >= 15 is 0 Å². The number of carbonyl (C=O) groups is 2. The molecule has 0 heterocycles. The molecule has 0 aromatic heterocycles. The Labute approximate surface area is 137 Å². The maximum atomic E-state index is 12.1. The van der Waals surface area contributed by atoms with E-state index in [4.69, 9.17) is 9.47 Å². The van der Waals surface area contributed by atoms with Gasteiger partial charge in [0.25, 0.3) is 0 Å². The molecule has 0 saturated heterocycles. The molecular formula is C18H25NO4. The van der Waals surface area contributed by atoms with Gasteiger partial charge in [0.05, 0.1) is 0 Å². The Hall–Kier alpha value is -2.04. The summed E-state index contributed by atoms with van der Waals surface area (Å²) in [6, 6.07) is 8.66. The molecule has 1 amide bonds. The summed E-state index contributed by atoms with van der Waals surface area (Å²) in [7, 11) is 0. The van der Waals surface area contributed by atoms with Gasteiger partial charge in [-0.05, 0) is 37.2 Å². The number of hydrogen-bond donors (Lipinski definition) is 1. The molecule has 23 heavy (non-hydrogen) atoms. The van der Waals surface area contributed by atoms with Gasteiger partial charge in [0, 0.05) is 0 Å². The van der Waals surface area contributed by atoms with Gasteiger partial charge in [0.15, 0.2) is 0 Å². The van der Waals surface area contributed by atoms with E-state index in [9.17, 15) is 9.59 Å². The van der Waals surface area contributed by atoms with Crippen molar-refractivity contribution in [1.82, 2.24) is 5.32 Å². The molecule has 1 N–H and O–H groups in total. The molecule has 2 rings (SSSR count). The van der Waals surface area contributed by atoms with Crippen molar-refractivity contribution in [2.45, 2.75) is 52.4 Å². The normalized spacial score (nSPS) is 24.7. The zero-order valence-electron chi connectivity index (χ0n) is 14.0. The fourth-order valence-electron chi connectivity index (χ4n) is 2.88. The molecule has 126 valence electrons. The molecular weight excluding hydrogens is 294 g/mol. The topological polar surface area (TPSA) is 64.6 Å². The third-order valence-electron chi connectivity index (χ3n) is 4.35. The van der Waals surface area contributed by atoms with Crippen molar-refractivity contribution >= 4 is 12.1 Å². The average molecular weight is 319 g/mol. The molecule has 1 aromatic rings. The van der Waals surface area contributed by atoms with E-state index in [2.05, 4.69) is 19.2 Å². The molecule has 1 fully saturated rings. The van der Waals surface area contributed by atoms with Gasteiger partial charge < -0.3 is 14.8 Å². The summed E-state index contributed by atoms with van der Waals surface area (Å²) >= 11 is 0. The number of hydrogen-bond acceptors (Lipinski definition) is 4. The zero-order valence-corrected chi connectivity index (χ0v) is 14.0. The van der Waals surface area contributed by atoms with Gasteiger partial charge in [0.2, 0.25) is 0 Å². The molecule has 0 aliphatic heterocycles. The lowest BCUT2D eigenvalue weighted by atomic mass is 10.0. The summed E-state index contributed by atoms with van der Waals surface area (Å²) in [5, 5.41) is 2.52. The van der Waals surface area contributed by atoms with Crippen molar-refractivity contribution < 1.29 is 19.1 Å². The first kappa shape index (κ1) is 17.3. The van der Waals surface area contributed by atoms with Crippen molar-refractivity contribution in [3.63, 3.8) is 0 Å². The molecule has 0 bridgehead atoms. The van der Waals surface area contributed by atoms with Crippen molar-refractivity contribution in [2.75, 3.05) is 0 Å². The largest absolute Gasteiger partial charge is 0.460 e.